The van der Waals surface area contributed by atoms with Crippen LogP contribution in [-0.2, 0) is 11.2 Å². The van der Waals surface area contributed by atoms with Crippen molar-refractivity contribution in [3.8, 4) is 5.75 Å². The molecule has 0 aliphatic carbocycles. The molecule has 134 valence electrons. The van der Waals surface area contributed by atoms with E-state index in [0.717, 1.165) is 5.56 Å². The monoisotopic (exact) mass is 352 g/mol. The molecule has 0 atom stereocenters. The van der Waals surface area contributed by atoms with Gasteiger partial charge in [-0.1, -0.05) is 18.2 Å². The summed E-state index contributed by atoms with van der Waals surface area (Å²) in [4.78, 5) is 12.0. The smallest absolute Gasteiger partial charge is 0.422 e. The molecular weight excluding hydrogens is 333 g/mol. The third-order valence-electron chi connectivity index (χ3n) is 3.53. The number of nitrogen functional groups attached to an aromatic ring is 1. The molecule has 2 rings (SSSR count). The number of hydrogen-bond acceptors (Lipinski definition) is 3. The van der Waals surface area contributed by atoms with Crippen molar-refractivity contribution in [1.29, 1.82) is 0 Å². The second-order valence-corrected chi connectivity index (χ2v) is 5.63. The van der Waals surface area contributed by atoms with Gasteiger partial charge < -0.3 is 15.8 Å². The van der Waals surface area contributed by atoms with Gasteiger partial charge in [0.25, 0.3) is 0 Å². The first kappa shape index (κ1) is 18.6. The average molecular weight is 352 g/mol. The lowest BCUT2D eigenvalue weighted by molar-refractivity contribution is -0.153. The number of halogens is 3. The molecule has 3 N–H and O–H groups in total. The fraction of sp³-hybridized carbons (Fsp3) is 0.278. The number of rotatable bonds is 6. The standard InChI is InChI=1S/C18H19F3N2O2/c1-12-10-14(7-8-16(12)25-11-18(19,20)21)23-17(24)9-6-13-4-2-3-5-15(13)22/h2-5,7-8,10H,6,9,11,22H2,1H3,(H,23,24). The molecule has 0 spiro atoms. The third kappa shape index (κ3) is 6.02. The van der Waals surface area contributed by atoms with Gasteiger partial charge in [-0.05, 0) is 48.7 Å². The van der Waals surface area contributed by atoms with E-state index in [4.69, 9.17) is 10.5 Å². The van der Waals surface area contributed by atoms with E-state index in [-0.39, 0.29) is 18.1 Å². The summed E-state index contributed by atoms with van der Waals surface area (Å²) in [6, 6.07) is 11.8. The number of carbonyl (C=O) groups excluding carboxylic acids is 1. The minimum Gasteiger partial charge on any atom is -0.484 e. The van der Waals surface area contributed by atoms with Gasteiger partial charge >= 0.3 is 6.18 Å². The van der Waals surface area contributed by atoms with Crippen LogP contribution in [0.1, 0.15) is 17.5 Å². The first-order valence-electron chi connectivity index (χ1n) is 7.68. The molecule has 0 aliphatic rings. The SMILES string of the molecule is Cc1cc(NC(=O)CCc2ccccc2N)ccc1OCC(F)(F)F. The number of para-hydroxylation sites is 1. The van der Waals surface area contributed by atoms with Crippen LogP contribution in [0.2, 0.25) is 0 Å². The topological polar surface area (TPSA) is 64.4 Å². The zero-order valence-corrected chi connectivity index (χ0v) is 13.7. The quantitative estimate of drug-likeness (QED) is 0.770. The minimum atomic E-state index is -4.39. The highest BCUT2D eigenvalue weighted by Gasteiger charge is 2.28. The van der Waals surface area contributed by atoms with E-state index < -0.39 is 12.8 Å². The molecule has 2 aromatic carbocycles. The van der Waals surface area contributed by atoms with E-state index in [2.05, 4.69) is 5.32 Å². The van der Waals surface area contributed by atoms with E-state index in [0.29, 0.717) is 23.4 Å². The van der Waals surface area contributed by atoms with E-state index in [1.54, 1.807) is 19.1 Å². The van der Waals surface area contributed by atoms with Gasteiger partial charge in [0.2, 0.25) is 5.91 Å². The van der Waals surface area contributed by atoms with Crippen molar-refractivity contribution in [3.63, 3.8) is 0 Å². The highest BCUT2D eigenvalue weighted by Crippen LogP contribution is 2.25. The zero-order valence-electron chi connectivity index (χ0n) is 13.7. The van der Waals surface area contributed by atoms with Crippen LogP contribution >= 0.6 is 0 Å². The predicted molar refractivity (Wildman–Crippen MR) is 90.5 cm³/mol. The molecule has 0 saturated heterocycles. The van der Waals surface area contributed by atoms with Crippen molar-refractivity contribution < 1.29 is 22.7 Å². The maximum Gasteiger partial charge on any atom is 0.422 e. The van der Waals surface area contributed by atoms with Gasteiger partial charge in [0.1, 0.15) is 5.75 Å². The van der Waals surface area contributed by atoms with E-state index in [1.807, 2.05) is 18.2 Å². The van der Waals surface area contributed by atoms with Crippen LogP contribution in [0.25, 0.3) is 0 Å². The van der Waals surface area contributed by atoms with Crippen LogP contribution in [0, 0.1) is 6.92 Å². The fourth-order valence-electron chi connectivity index (χ4n) is 2.28. The number of nitrogens with two attached hydrogens (primary N) is 1. The van der Waals surface area contributed by atoms with Gasteiger partial charge in [-0.2, -0.15) is 13.2 Å². The predicted octanol–water partition coefficient (Wildman–Crippen LogP) is 4.09. The van der Waals surface area contributed by atoms with Crippen molar-refractivity contribution in [2.75, 3.05) is 17.7 Å². The summed E-state index contributed by atoms with van der Waals surface area (Å²) in [5, 5.41) is 2.71. The molecule has 25 heavy (non-hydrogen) atoms. The van der Waals surface area contributed by atoms with Gasteiger partial charge in [-0.15, -0.1) is 0 Å². The van der Waals surface area contributed by atoms with Crippen molar-refractivity contribution in [1.82, 2.24) is 0 Å². The number of benzene rings is 2. The van der Waals surface area contributed by atoms with Crippen LogP contribution in [-0.4, -0.2) is 18.7 Å². The summed E-state index contributed by atoms with van der Waals surface area (Å²) >= 11 is 0. The summed E-state index contributed by atoms with van der Waals surface area (Å²) in [7, 11) is 0. The molecular formula is C18H19F3N2O2. The number of carbonyl (C=O) groups is 1. The Hall–Kier alpha value is -2.70. The normalized spacial score (nSPS) is 11.2. The highest BCUT2D eigenvalue weighted by molar-refractivity contribution is 5.91. The molecule has 1 amide bonds. The number of alkyl halides is 3. The Labute approximate surface area is 143 Å². The fourth-order valence-corrected chi connectivity index (χ4v) is 2.28. The van der Waals surface area contributed by atoms with Crippen LogP contribution < -0.4 is 15.8 Å². The Morgan fingerprint density at radius 3 is 2.56 bits per heavy atom. The number of aryl methyl sites for hydroxylation is 2. The number of amides is 1. The van der Waals surface area contributed by atoms with Crippen molar-refractivity contribution in [2.24, 2.45) is 0 Å². The van der Waals surface area contributed by atoms with Crippen LogP contribution in [0.3, 0.4) is 0 Å². The summed E-state index contributed by atoms with van der Waals surface area (Å²) in [5.41, 5.74) is 8.37. The molecule has 7 heteroatoms. The Morgan fingerprint density at radius 1 is 1.20 bits per heavy atom. The largest absolute Gasteiger partial charge is 0.484 e. The lowest BCUT2D eigenvalue weighted by Gasteiger charge is -2.13. The number of nitrogens with one attached hydrogen (secondary N) is 1. The molecule has 0 heterocycles. The van der Waals surface area contributed by atoms with Crippen LogP contribution in [0.15, 0.2) is 42.5 Å². The molecule has 0 fully saturated rings. The molecule has 0 aliphatic heterocycles. The number of hydrogen-bond donors (Lipinski definition) is 2. The lowest BCUT2D eigenvalue weighted by Crippen LogP contribution is -2.19. The molecule has 0 aromatic heterocycles. The van der Waals surface area contributed by atoms with Crippen LogP contribution in [0.5, 0.6) is 5.75 Å². The Morgan fingerprint density at radius 2 is 1.92 bits per heavy atom. The van der Waals surface area contributed by atoms with Crippen molar-refractivity contribution in [2.45, 2.75) is 25.9 Å². The Bertz CT molecular complexity index is 745. The highest BCUT2D eigenvalue weighted by atomic mass is 19.4. The molecule has 0 radical (unpaired) electrons. The number of anilines is 2. The summed E-state index contributed by atoms with van der Waals surface area (Å²) in [6.45, 7) is 0.268. The zero-order chi connectivity index (χ0) is 18.4. The first-order valence-corrected chi connectivity index (χ1v) is 7.68. The summed E-state index contributed by atoms with van der Waals surface area (Å²) in [6.07, 6.45) is -3.64. The Kier molecular flexibility index (Phi) is 5.90. The molecule has 4 nitrogen and oxygen atoms in total. The van der Waals surface area contributed by atoms with Crippen molar-refractivity contribution in [3.05, 3.63) is 53.6 Å². The van der Waals surface area contributed by atoms with Gasteiger partial charge in [-0.25, -0.2) is 0 Å². The van der Waals surface area contributed by atoms with Gasteiger partial charge in [0.05, 0.1) is 0 Å². The maximum atomic E-state index is 12.2. The van der Waals surface area contributed by atoms with E-state index >= 15 is 0 Å². The second kappa shape index (κ2) is 7.92. The summed E-state index contributed by atoms with van der Waals surface area (Å²) < 4.78 is 41.3. The molecule has 0 bridgehead atoms. The second-order valence-electron chi connectivity index (χ2n) is 5.63. The molecule has 2 aromatic rings. The van der Waals surface area contributed by atoms with Gasteiger partial charge in [0.15, 0.2) is 6.61 Å². The minimum absolute atomic E-state index is 0.132. The van der Waals surface area contributed by atoms with E-state index in [1.165, 1.54) is 12.1 Å². The van der Waals surface area contributed by atoms with Gasteiger partial charge in [0, 0.05) is 17.8 Å². The maximum absolute atomic E-state index is 12.2. The molecule has 0 saturated carbocycles. The number of ether oxygens (including phenoxy) is 1. The molecule has 0 unspecified atom stereocenters. The van der Waals surface area contributed by atoms with Crippen molar-refractivity contribution >= 4 is 17.3 Å². The van der Waals surface area contributed by atoms with Gasteiger partial charge in [-0.3, -0.25) is 4.79 Å². The lowest BCUT2D eigenvalue weighted by atomic mass is 10.1. The Balaban J connectivity index is 1.90. The van der Waals surface area contributed by atoms with E-state index in [9.17, 15) is 18.0 Å². The summed E-state index contributed by atoms with van der Waals surface area (Å²) in [5.74, 6) is -0.0704. The average Bonchev–Trinajstić information content (AvgIpc) is 2.52. The van der Waals surface area contributed by atoms with Crippen LogP contribution in [0.4, 0.5) is 24.5 Å². The first-order chi connectivity index (χ1) is 11.7. The third-order valence-corrected chi connectivity index (χ3v) is 3.53.